The van der Waals surface area contributed by atoms with Gasteiger partial charge in [0, 0.05) is 0 Å². The van der Waals surface area contributed by atoms with Crippen molar-refractivity contribution < 1.29 is 9.90 Å². The molecular weight excluding hydrogens is 228 g/mol. The van der Waals surface area contributed by atoms with Gasteiger partial charge in [-0.05, 0) is 11.6 Å². The highest BCUT2D eigenvalue weighted by Crippen LogP contribution is 2.17. The number of allylic oxidation sites excluding steroid dienone is 2. The molecule has 2 rings (SSSR count). The number of rotatable bonds is 2. The van der Waals surface area contributed by atoms with E-state index in [-0.39, 0.29) is 17.0 Å². The Kier molecular flexibility index (Phi) is 3.26. The quantitative estimate of drug-likeness (QED) is 0.828. The third-order valence-corrected chi connectivity index (χ3v) is 2.43. The van der Waals surface area contributed by atoms with Gasteiger partial charge in [-0.3, -0.25) is 4.79 Å². The van der Waals surface area contributed by atoms with Gasteiger partial charge in [0.2, 0.25) is 0 Å². The van der Waals surface area contributed by atoms with Crippen LogP contribution in [-0.2, 0) is 4.79 Å². The van der Waals surface area contributed by atoms with Crippen molar-refractivity contribution in [2.45, 2.75) is 0 Å². The summed E-state index contributed by atoms with van der Waals surface area (Å²) in [5.74, 6) is -0.880. The van der Waals surface area contributed by atoms with E-state index in [4.69, 9.17) is 5.26 Å². The van der Waals surface area contributed by atoms with E-state index in [1.54, 1.807) is 18.2 Å². The number of benzene rings is 1. The third-order valence-electron chi connectivity index (χ3n) is 2.43. The Morgan fingerprint density at radius 1 is 1.28 bits per heavy atom. The van der Waals surface area contributed by atoms with E-state index in [0.29, 0.717) is 0 Å². The molecule has 0 spiro atoms. The van der Waals surface area contributed by atoms with Crippen LogP contribution in [0.1, 0.15) is 5.56 Å². The van der Waals surface area contributed by atoms with Gasteiger partial charge in [0.15, 0.2) is 11.3 Å². The molecule has 18 heavy (non-hydrogen) atoms. The number of hydrogen-bond donors (Lipinski definition) is 2. The Hall–Kier alpha value is -2.80. The first-order valence-corrected chi connectivity index (χ1v) is 5.31. The number of carbonyl (C=O) groups is 1. The summed E-state index contributed by atoms with van der Waals surface area (Å²) in [5.41, 5.74) is 0.987. The fraction of sp³-hybridized carbons (Fsp3) is 0. The molecule has 0 atom stereocenters. The molecule has 1 amide bonds. The molecule has 1 aromatic carbocycles. The molecule has 0 saturated carbocycles. The average Bonchev–Trinajstić information content (AvgIpc) is 2.65. The van der Waals surface area contributed by atoms with Crippen molar-refractivity contribution in [1.82, 2.24) is 5.32 Å². The maximum atomic E-state index is 11.2. The lowest BCUT2D eigenvalue weighted by Gasteiger charge is -1.95. The van der Waals surface area contributed by atoms with Crippen LogP contribution in [0.2, 0.25) is 0 Å². The zero-order valence-corrected chi connectivity index (χ0v) is 9.42. The first-order chi connectivity index (χ1) is 8.72. The summed E-state index contributed by atoms with van der Waals surface area (Å²) in [4.78, 5) is 11.2. The van der Waals surface area contributed by atoms with Crippen molar-refractivity contribution >= 4 is 12.0 Å². The summed E-state index contributed by atoms with van der Waals surface area (Å²) >= 11 is 0. The first-order valence-electron chi connectivity index (χ1n) is 5.31. The molecule has 1 aliphatic heterocycles. The molecule has 0 fully saturated rings. The molecule has 0 unspecified atom stereocenters. The van der Waals surface area contributed by atoms with E-state index >= 15 is 0 Å². The lowest BCUT2D eigenvalue weighted by molar-refractivity contribution is -0.115. The molecule has 0 aromatic heterocycles. The fourth-order valence-electron chi connectivity index (χ4n) is 1.53. The molecule has 1 aromatic rings. The molecule has 4 nitrogen and oxygen atoms in total. The minimum absolute atomic E-state index is 0.240. The second-order valence-corrected chi connectivity index (χ2v) is 3.64. The standard InChI is InChI=1S/C14H10N2O2/c15-9-11-13(17)12(16-14(11)18)8-4-7-10-5-2-1-3-6-10/h1-8,17H,(H,16,18)/b7-4+,12-8-. The number of nitrogens with one attached hydrogen (secondary N) is 1. The van der Waals surface area contributed by atoms with Gasteiger partial charge in [0.05, 0.1) is 5.70 Å². The van der Waals surface area contributed by atoms with Gasteiger partial charge in [-0.2, -0.15) is 5.26 Å². The molecule has 4 heteroatoms. The SMILES string of the molecule is N#CC1=C(O)/C(=C/C=C/c2ccccc2)NC1=O. The number of carbonyl (C=O) groups excluding carboxylic acids is 1. The van der Waals surface area contributed by atoms with Crippen LogP contribution < -0.4 is 5.32 Å². The molecular formula is C14H10N2O2. The summed E-state index contributed by atoms with van der Waals surface area (Å²) in [6.45, 7) is 0. The van der Waals surface area contributed by atoms with Crippen molar-refractivity contribution in [1.29, 1.82) is 5.26 Å². The van der Waals surface area contributed by atoms with Crippen LogP contribution in [0.5, 0.6) is 0 Å². The number of nitrogens with zero attached hydrogens (tertiary/aromatic N) is 1. The summed E-state index contributed by atoms with van der Waals surface area (Å²) in [5, 5.41) is 20.7. The second-order valence-electron chi connectivity index (χ2n) is 3.64. The number of aliphatic hydroxyl groups excluding tert-OH is 1. The monoisotopic (exact) mass is 238 g/mol. The second kappa shape index (κ2) is 5.02. The molecule has 0 aliphatic carbocycles. The Labute approximate surface area is 104 Å². The highest BCUT2D eigenvalue weighted by molar-refractivity contribution is 6.03. The van der Waals surface area contributed by atoms with Gasteiger partial charge < -0.3 is 10.4 Å². The molecule has 0 bridgehead atoms. The van der Waals surface area contributed by atoms with Crippen molar-refractivity contribution in [2.24, 2.45) is 0 Å². The Bertz CT molecular complexity index is 604. The molecule has 0 saturated heterocycles. The Balaban J connectivity index is 2.18. The zero-order chi connectivity index (χ0) is 13.0. The highest BCUT2D eigenvalue weighted by atomic mass is 16.3. The smallest absolute Gasteiger partial charge is 0.270 e. The molecule has 1 aliphatic rings. The van der Waals surface area contributed by atoms with Crippen molar-refractivity contribution in [2.75, 3.05) is 0 Å². The van der Waals surface area contributed by atoms with Crippen LogP contribution in [0.4, 0.5) is 0 Å². The number of amides is 1. The van der Waals surface area contributed by atoms with Crippen LogP contribution in [-0.4, -0.2) is 11.0 Å². The van der Waals surface area contributed by atoms with Crippen LogP contribution >= 0.6 is 0 Å². The lowest BCUT2D eigenvalue weighted by Crippen LogP contribution is -2.15. The lowest BCUT2D eigenvalue weighted by atomic mass is 10.2. The number of aliphatic hydroxyl groups is 1. The molecule has 1 heterocycles. The summed E-state index contributed by atoms with van der Waals surface area (Å²) in [7, 11) is 0. The maximum absolute atomic E-state index is 11.2. The van der Waals surface area contributed by atoms with Crippen LogP contribution in [0.3, 0.4) is 0 Å². The fourth-order valence-corrected chi connectivity index (χ4v) is 1.53. The van der Waals surface area contributed by atoms with E-state index in [0.717, 1.165) is 5.56 Å². The van der Waals surface area contributed by atoms with Crippen LogP contribution in [0, 0.1) is 11.3 Å². The topological polar surface area (TPSA) is 73.1 Å². The predicted molar refractivity (Wildman–Crippen MR) is 67.0 cm³/mol. The van der Waals surface area contributed by atoms with Gasteiger partial charge >= 0.3 is 0 Å². The Morgan fingerprint density at radius 3 is 2.61 bits per heavy atom. The van der Waals surface area contributed by atoms with Crippen LogP contribution in [0.25, 0.3) is 6.08 Å². The third kappa shape index (κ3) is 2.30. The number of nitriles is 1. The van der Waals surface area contributed by atoms with Gasteiger partial charge in [0.1, 0.15) is 6.07 Å². The minimum atomic E-state index is -0.575. The number of hydrogen-bond acceptors (Lipinski definition) is 3. The van der Waals surface area contributed by atoms with E-state index in [2.05, 4.69) is 5.32 Å². The minimum Gasteiger partial charge on any atom is -0.504 e. The summed E-state index contributed by atoms with van der Waals surface area (Å²) in [6, 6.07) is 11.3. The first kappa shape index (κ1) is 11.7. The van der Waals surface area contributed by atoms with Crippen molar-refractivity contribution in [3.05, 3.63) is 65.1 Å². The molecule has 88 valence electrons. The Morgan fingerprint density at radius 2 is 2.00 bits per heavy atom. The summed E-state index contributed by atoms with van der Waals surface area (Å²) < 4.78 is 0. The van der Waals surface area contributed by atoms with Gasteiger partial charge in [-0.15, -0.1) is 0 Å². The van der Waals surface area contributed by atoms with Crippen molar-refractivity contribution in [3.63, 3.8) is 0 Å². The van der Waals surface area contributed by atoms with E-state index in [1.165, 1.54) is 0 Å². The zero-order valence-electron chi connectivity index (χ0n) is 9.42. The van der Waals surface area contributed by atoms with Gasteiger partial charge in [0.25, 0.3) is 5.91 Å². The normalized spacial score (nSPS) is 17.3. The van der Waals surface area contributed by atoms with Gasteiger partial charge in [-0.25, -0.2) is 0 Å². The average molecular weight is 238 g/mol. The maximum Gasteiger partial charge on any atom is 0.270 e. The van der Waals surface area contributed by atoms with Crippen molar-refractivity contribution in [3.8, 4) is 6.07 Å². The molecule has 0 radical (unpaired) electrons. The van der Waals surface area contributed by atoms with Crippen LogP contribution in [0.15, 0.2) is 59.5 Å². The predicted octanol–water partition coefficient (Wildman–Crippen LogP) is 2.05. The van der Waals surface area contributed by atoms with E-state index in [1.807, 2.05) is 36.4 Å². The largest absolute Gasteiger partial charge is 0.504 e. The van der Waals surface area contributed by atoms with E-state index < -0.39 is 5.91 Å². The van der Waals surface area contributed by atoms with E-state index in [9.17, 15) is 9.90 Å². The van der Waals surface area contributed by atoms with Gasteiger partial charge in [-0.1, -0.05) is 42.5 Å². The highest BCUT2D eigenvalue weighted by Gasteiger charge is 2.26. The molecule has 2 N–H and O–H groups in total. The summed E-state index contributed by atoms with van der Waals surface area (Å²) in [6.07, 6.45) is 5.07.